The second-order valence-electron chi connectivity index (χ2n) is 6.87. The Morgan fingerprint density at radius 3 is 2.42 bits per heavy atom. The van der Waals surface area contributed by atoms with E-state index in [1.165, 1.54) is 5.56 Å². The van der Waals surface area contributed by atoms with Crippen molar-refractivity contribution in [3.63, 3.8) is 0 Å². The smallest absolute Gasteiger partial charge is 0.244 e. The molecule has 1 atom stereocenters. The SMILES string of the molecule is Cc1ccc([C@@H](C(=O)N(C)CCN2CCCCC2=O)N(C)C)cc1. The second kappa shape index (κ2) is 8.29. The number of aryl methyl sites for hydroxylation is 1. The summed E-state index contributed by atoms with van der Waals surface area (Å²) in [4.78, 5) is 30.4. The van der Waals surface area contributed by atoms with Gasteiger partial charge in [0.2, 0.25) is 11.8 Å². The first-order chi connectivity index (χ1) is 11.4. The molecule has 1 saturated heterocycles. The van der Waals surface area contributed by atoms with Crippen LogP contribution in [0.25, 0.3) is 0 Å². The lowest BCUT2D eigenvalue weighted by atomic mass is 10.0. The Balaban J connectivity index is 2.00. The molecule has 0 bridgehead atoms. The highest BCUT2D eigenvalue weighted by Gasteiger charge is 2.26. The summed E-state index contributed by atoms with van der Waals surface area (Å²) in [7, 11) is 5.66. The average Bonchev–Trinajstić information content (AvgIpc) is 2.55. The largest absolute Gasteiger partial charge is 0.342 e. The number of carbonyl (C=O) groups excluding carboxylic acids is 2. The zero-order valence-electron chi connectivity index (χ0n) is 15.3. The normalized spacial score (nSPS) is 16.4. The summed E-state index contributed by atoms with van der Waals surface area (Å²) in [6, 6.07) is 7.80. The summed E-state index contributed by atoms with van der Waals surface area (Å²) in [5, 5.41) is 0. The highest BCUT2D eigenvalue weighted by atomic mass is 16.2. The molecular weight excluding hydrogens is 302 g/mol. The van der Waals surface area contributed by atoms with Gasteiger partial charge in [0.15, 0.2) is 0 Å². The van der Waals surface area contributed by atoms with Gasteiger partial charge in [0.05, 0.1) is 0 Å². The fourth-order valence-electron chi connectivity index (χ4n) is 3.10. The van der Waals surface area contributed by atoms with Crippen molar-refractivity contribution in [1.29, 1.82) is 0 Å². The van der Waals surface area contributed by atoms with Gasteiger partial charge in [0.25, 0.3) is 0 Å². The van der Waals surface area contributed by atoms with Crippen molar-refractivity contribution in [3.05, 3.63) is 35.4 Å². The van der Waals surface area contributed by atoms with Crippen molar-refractivity contribution in [2.24, 2.45) is 0 Å². The van der Waals surface area contributed by atoms with Gasteiger partial charge >= 0.3 is 0 Å². The van der Waals surface area contributed by atoms with E-state index in [9.17, 15) is 9.59 Å². The van der Waals surface area contributed by atoms with Crippen molar-refractivity contribution >= 4 is 11.8 Å². The molecule has 1 heterocycles. The zero-order valence-corrected chi connectivity index (χ0v) is 15.3. The first-order valence-corrected chi connectivity index (χ1v) is 8.66. The molecule has 2 amide bonds. The van der Waals surface area contributed by atoms with E-state index in [0.29, 0.717) is 19.5 Å². The number of hydrogen-bond acceptors (Lipinski definition) is 3. The Kier molecular flexibility index (Phi) is 6.37. The van der Waals surface area contributed by atoms with Crippen molar-refractivity contribution in [3.8, 4) is 0 Å². The number of hydrogen-bond donors (Lipinski definition) is 0. The lowest BCUT2D eigenvalue weighted by Gasteiger charge is -2.32. The number of carbonyl (C=O) groups is 2. The number of nitrogens with zero attached hydrogens (tertiary/aromatic N) is 3. The summed E-state index contributed by atoms with van der Waals surface area (Å²) >= 11 is 0. The molecule has 0 aromatic heterocycles. The maximum atomic E-state index is 12.9. The molecule has 0 saturated carbocycles. The third-order valence-corrected chi connectivity index (χ3v) is 4.65. The predicted octanol–water partition coefficient (Wildman–Crippen LogP) is 2.07. The van der Waals surface area contributed by atoms with Gasteiger partial charge in [-0.25, -0.2) is 0 Å². The fraction of sp³-hybridized carbons (Fsp3) is 0.579. The van der Waals surface area contributed by atoms with Crippen LogP contribution in [0.1, 0.15) is 36.4 Å². The van der Waals surface area contributed by atoms with Gasteiger partial charge in [-0.05, 0) is 39.4 Å². The molecule has 2 rings (SSSR count). The summed E-state index contributed by atoms with van der Waals surface area (Å²) in [5.41, 5.74) is 2.18. The number of piperidine rings is 1. The molecule has 5 nitrogen and oxygen atoms in total. The Bertz CT molecular complexity index is 568. The van der Waals surface area contributed by atoms with E-state index in [-0.39, 0.29) is 17.9 Å². The predicted molar refractivity (Wildman–Crippen MR) is 95.7 cm³/mol. The van der Waals surface area contributed by atoms with Gasteiger partial charge in [0.1, 0.15) is 6.04 Å². The van der Waals surface area contributed by atoms with Crippen LogP contribution in [0.3, 0.4) is 0 Å². The lowest BCUT2D eigenvalue weighted by molar-refractivity contribution is -0.138. The van der Waals surface area contributed by atoms with Crippen LogP contribution in [-0.4, -0.2) is 67.3 Å². The number of likely N-dealkylation sites (N-methyl/N-ethyl adjacent to an activating group) is 2. The molecule has 5 heteroatoms. The topological polar surface area (TPSA) is 43.9 Å². The second-order valence-corrected chi connectivity index (χ2v) is 6.87. The van der Waals surface area contributed by atoms with Crippen LogP contribution in [0.5, 0.6) is 0 Å². The van der Waals surface area contributed by atoms with E-state index < -0.39 is 0 Å². The minimum atomic E-state index is -0.298. The van der Waals surface area contributed by atoms with Crippen LogP contribution in [0.2, 0.25) is 0 Å². The molecule has 1 aliphatic heterocycles. The molecule has 0 radical (unpaired) electrons. The third-order valence-electron chi connectivity index (χ3n) is 4.65. The van der Waals surface area contributed by atoms with E-state index in [0.717, 1.165) is 24.9 Å². The number of amides is 2. The highest BCUT2D eigenvalue weighted by molar-refractivity contribution is 5.83. The van der Waals surface area contributed by atoms with E-state index in [1.54, 1.807) is 4.90 Å². The minimum Gasteiger partial charge on any atom is -0.342 e. The summed E-state index contributed by atoms with van der Waals surface area (Å²) in [6.07, 6.45) is 2.69. The number of benzene rings is 1. The number of likely N-dealkylation sites (tertiary alicyclic amines) is 1. The molecule has 0 spiro atoms. The van der Waals surface area contributed by atoms with Crippen molar-refractivity contribution in [2.75, 3.05) is 40.8 Å². The zero-order chi connectivity index (χ0) is 17.7. The first-order valence-electron chi connectivity index (χ1n) is 8.66. The first kappa shape index (κ1) is 18.5. The van der Waals surface area contributed by atoms with Crippen LogP contribution in [0.4, 0.5) is 0 Å². The standard InChI is InChI=1S/C19H29N3O2/c1-15-8-10-16(11-9-15)18(20(2)3)19(24)21(4)13-14-22-12-6-5-7-17(22)23/h8-11,18H,5-7,12-14H2,1-4H3/t18-/m0/s1. The molecule has 1 aliphatic rings. The van der Waals surface area contributed by atoms with Gasteiger partial charge in [-0.1, -0.05) is 29.8 Å². The van der Waals surface area contributed by atoms with Crippen LogP contribution in [-0.2, 0) is 9.59 Å². The van der Waals surface area contributed by atoms with Gasteiger partial charge in [0, 0.05) is 33.1 Å². The maximum Gasteiger partial charge on any atom is 0.244 e. The number of rotatable bonds is 6. The molecular formula is C19H29N3O2. The van der Waals surface area contributed by atoms with Gasteiger partial charge in [-0.2, -0.15) is 0 Å². The lowest BCUT2D eigenvalue weighted by Crippen LogP contribution is -2.44. The summed E-state index contributed by atoms with van der Waals surface area (Å²) in [6.45, 7) is 4.05. The van der Waals surface area contributed by atoms with Gasteiger partial charge in [-0.15, -0.1) is 0 Å². The third kappa shape index (κ3) is 4.57. The van der Waals surface area contributed by atoms with Gasteiger partial charge < -0.3 is 9.80 Å². The van der Waals surface area contributed by atoms with Crippen molar-refractivity contribution in [2.45, 2.75) is 32.2 Å². The molecule has 0 N–H and O–H groups in total. The molecule has 132 valence electrons. The van der Waals surface area contributed by atoms with E-state index in [4.69, 9.17) is 0 Å². The van der Waals surface area contributed by atoms with Crippen molar-refractivity contribution < 1.29 is 9.59 Å². The Morgan fingerprint density at radius 1 is 1.17 bits per heavy atom. The van der Waals surface area contributed by atoms with Gasteiger partial charge in [-0.3, -0.25) is 14.5 Å². The van der Waals surface area contributed by atoms with Crippen LogP contribution < -0.4 is 0 Å². The van der Waals surface area contributed by atoms with E-state index in [1.807, 2.05) is 62.1 Å². The Labute approximate surface area is 145 Å². The monoisotopic (exact) mass is 331 g/mol. The van der Waals surface area contributed by atoms with E-state index in [2.05, 4.69) is 0 Å². The Hall–Kier alpha value is -1.88. The van der Waals surface area contributed by atoms with Crippen LogP contribution >= 0.6 is 0 Å². The van der Waals surface area contributed by atoms with Crippen LogP contribution in [0.15, 0.2) is 24.3 Å². The Morgan fingerprint density at radius 2 is 1.83 bits per heavy atom. The quantitative estimate of drug-likeness (QED) is 0.801. The molecule has 1 fully saturated rings. The van der Waals surface area contributed by atoms with E-state index >= 15 is 0 Å². The highest BCUT2D eigenvalue weighted by Crippen LogP contribution is 2.21. The average molecular weight is 331 g/mol. The van der Waals surface area contributed by atoms with Crippen molar-refractivity contribution in [1.82, 2.24) is 14.7 Å². The molecule has 0 unspecified atom stereocenters. The minimum absolute atomic E-state index is 0.0633. The van der Waals surface area contributed by atoms with Crippen LogP contribution in [0, 0.1) is 6.92 Å². The molecule has 1 aromatic rings. The molecule has 24 heavy (non-hydrogen) atoms. The summed E-state index contributed by atoms with van der Waals surface area (Å²) in [5.74, 6) is 0.276. The summed E-state index contributed by atoms with van der Waals surface area (Å²) < 4.78 is 0. The maximum absolute atomic E-state index is 12.9. The fourth-order valence-corrected chi connectivity index (χ4v) is 3.10. The molecule has 1 aromatic carbocycles. The molecule has 0 aliphatic carbocycles.